The smallest absolute Gasteiger partial charge is 0.377 e. The van der Waals surface area contributed by atoms with E-state index in [4.69, 9.17) is 4.74 Å². The summed E-state index contributed by atoms with van der Waals surface area (Å²) in [5.74, 6) is -0.939. The Labute approximate surface area is 98.7 Å². The second-order valence-electron chi connectivity index (χ2n) is 3.40. The lowest BCUT2D eigenvalue weighted by Crippen LogP contribution is -2.14. The van der Waals surface area contributed by atoms with E-state index in [0.29, 0.717) is 6.61 Å². The van der Waals surface area contributed by atoms with Crippen molar-refractivity contribution < 1.29 is 19.1 Å². The Morgan fingerprint density at radius 3 is 2.82 bits per heavy atom. The van der Waals surface area contributed by atoms with Crippen LogP contribution in [0.15, 0.2) is 6.33 Å². The SMILES string of the molecule is CCOC(=O)CC(C)n1cnc(C(=O)OC)n1. The van der Waals surface area contributed by atoms with E-state index in [9.17, 15) is 9.59 Å². The maximum absolute atomic E-state index is 11.2. The second kappa shape index (κ2) is 5.97. The number of hydrogen-bond acceptors (Lipinski definition) is 6. The zero-order valence-electron chi connectivity index (χ0n) is 10.0. The van der Waals surface area contributed by atoms with E-state index in [0.717, 1.165) is 0 Å². The van der Waals surface area contributed by atoms with Gasteiger partial charge in [-0.25, -0.2) is 14.5 Å². The summed E-state index contributed by atoms with van der Waals surface area (Å²) in [7, 11) is 1.26. The molecule has 0 saturated carbocycles. The van der Waals surface area contributed by atoms with Gasteiger partial charge in [0.2, 0.25) is 0 Å². The van der Waals surface area contributed by atoms with Crippen molar-refractivity contribution in [2.24, 2.45) is 0 Å². The Hall–Kier alpha value is -1.92. The first-order valence-corrected chi connectivity index (χ1v) is 5.23. The molecule has 0 amide bonds. The highest BCUT2D eigenvalue weighted by Crippen LogP contribution is 2.10. The Morgan fingerprint density at radius 2 is 2.24 bits per heavy atom. The molecule has 0 N–H and O–H groups in total. The molecule has 1 rings (SSSR count). The summed E-state index contributed by atoms with van der Waals surface area (Å²) < 4.78 is 10.7. The molecule has 94 valence electrons. The van der Waals surface area contributed by atoms with E-state index >= 15 is 0 Å². The van der Waals surface area contributed by atoms with Gasteiger partial charge in [-0.2, -0.15) is 0 Å². The maximum Gasteiger partial charge on any atom is 0.377 e. The van der Waals surface area contributed by atoms with Crippen LogP contribution in [0.5, 0.6) is 0 Å². The molecule has 1 unspecified atom stereocenters. The number of carbonyl (C=O) groups excluding carboxylic acids is 2. The fraction of sp³-hybridized carbons (Fsp3) is 0.600. The standard InChI is InChI=1S/C10H15N3O4/c1-4-17-8(14)5-7(2)13-6-11-9(12-13)10(15)16-3/h6-7H,4-5H2,1-3H3. The molecule has 0 spiro atoms. The fourth-order valence-corrected chi connectivity index (χ4v) is 1.23. The first kappa shape index (κ1) is 13.1. The molecular weight excluding hydrogens is 226 g/mol. The third-order valence-electron chi connectivity index (χ3n) is 2.10. The minimum Gasteiger partial charge on any atom is -0.466 e. The molecule has 0 radical (unpaired) electrons. The van der Waals surface area contributed by atoms with Crippen LogP contribution in [0.1, 0.15) is 36.9 Å². The Morgan fingerprint density at radius 1 is 1.53 bits per heavy atom. The number of aromatic nitrogens is 3. The summed E-state index contributed by atoms with van der Waals surface area (Å²) in [6, 6.07) is -0.222. The molecule has 0 aliphatic rings. The predicted octanol–water partition coefficient (Wildman–Crippen LogP) is 0.579. The number of carbonyl (C=O) groups is 2. The van der Waals surface area contributed by atoms with Crippen LogP contribution in [0.3, 0.4) is 0 Å². The summed E-state index contributed by atoms with van der Waals surface area (Å²) in [6.07, 6.45) is 1.56. The molecule has 0 bridgehead atoms. The topological polar surface area (TPSA) is 83.3 Å². The summed E-state index contributed by atoms with van der Waals surface area (Å²) in [6.45, 7) is 3.87. The molecular formula is C10H15N3O4. The van der Waals surface area contributed by atoms with Crippen molar-refractivity contribution in [2.75, 3.05) is 13.7 Å². The Balaban J connectivity index is 2.63. The number of rotatable bonds is 5. The monoisotopic (exact) mass is 241 g/mol. The van der Waals surface area contributed by atoms with Gasteiger partial charge >= 0.3 is 11.9 Å². The highest BCUT2D eigenvalue weighted by Gasteiger charge is 2.16. The van der Waals surface area contributed by atoms with E-state index < -0.39 is 5.97 Å². The third-order valence-corrected chi connectivity index (χ3v) is 2.10. The first-order valence-electron chi connectivity index (χ1n) is 5.23. The summed E-state index contributed by atoms with van der Waals surface area (Å²) in [5, 5.41) is 3.92. The fourth-order valence-electron chi connectivity index (χ4n) is 1.23. The van der Waals surface area contributed by atoms with Crippen molar-refractivity contribution in [3.05, 3.63) is 12.2 Å². The van der Waals surface area contributed by atoms with Gasteiger partial charge in [0, 0.05) is 0 Å². The van der Waals surface area contributed by atoms with Gasteiger partial charge in [0.15, 0.2) is 0 Å². The van der Waals surface area contributed by atoms with E-state index in [1.807, 2.05) is 0 Å². The largest absolute Gasteiger partial charge is 0.466 e. The van der Waals surface area contributed by atoms with Crippen LogP contribution in [-0.4, -0.2) is 40.4 Å². The van der Waals surface area contributed by atoms with Crippen molar-refractivity contribution in [2.45, 2.75) is 26.3 Å². The van der Waals surface area contributed by atoms with Crippen LogP contribution in [0.4, 0.5) is 0 Å². The highest BCUT2D eigenvalue weighted by molar-refractivity contribution is 5.84. The minimum absolute atomic E-state index is 0.0248. The maximum atomic E-state index is 11.2. The van der Waals surface area contributed by atoms with E-state index in [2.05, 4.69) is 14.8 Å². The molecule has 0 saturated heterocycles. The van der Waals surface area contributed by atoms with Gasteiger partial charge in [-0.05, 0) is 13.8 Å². The lowest BCUT2D eigenvalue weighted by molar-refractivity contribution is -0.143. The van der Waals surface area contributed by atoms with Crippen LogP contribution in [-0.2, 0) is 14.3 Å². The lowest BCUT2D eigenvalue weighted by Gasteiger charge is -2.09. The lowest BCUT2D eigenvalue weighted by atomic mass is 10.2. The van der Waals surface area contributed by atoms with E-state index in [-0.39, 0.29) is 24.3 Å². The van der Waals surface area contributed by atoms with E-state index in [1.54, 1.807) is 13.8 Å². The molecule has 1 heterocycles. The first-order chi connectivity index (χ1) is 8.08. The number of methoxy groups -OCH3 is 1. The summed E-state index contributed by atoms with van der Waals surface area (Å²) in [4.78, 5) is 26.2. The van der Waals surface area contributed by atoms with Gasteiger partial charge in [0.25, 0.3) is 5.82 Å². The summed E-state index contributed by atoms with van der Waals surface area (Å²) in [5.41, 5.74) is 0. The van der Waals surface area contributed by atoms with Crippen LogP contribution >= 0.6 is 0 Å². The van der Waals surface area contributed by atoms with Crippen molar-refractivity contribution in [3.63, 3.8) is 0 Å². The third kappa shape index (κ3) is 3.54. The molecule has 7 nitrogen and oxygen atoms in total. The molecule has 17 heavy (non-hydrogen) atoms. The van der Waals surface area contributed by atoms with Crippen molar-refractivity contribution in [1.82, 2.24) is 14.8 Å². The Kier molecular flexibility index (Phi) is 4.62. The van der Waals surface area contributed by atoms with Gasteiger partial charge in [0.1, 0.15) is 6.33 Å². The predicted molar refractivity (Wildman–Crippen MR) is 57.3 cm³/mol. The minimum atomic E-state index is -0.605. The van der Waals surface area contributed by atoms with Crippen molar-refractivity contribution >= 4 is 11.9 Å². The molecule has 0 fully saturated rings. The van der Waals surface area contributed by atoms with E-state index in [1.165, 1.54) is 18.1 Å². The van der Waals surface area contributed by atoms with Crippen LogP contribution < -0.4 is 0 Å². The van der Waals surface area contributed by atoms with Crippen molar-refractivity contribution in [1.29, 1.82) is 0 Å². The number of hydrogen-bond donors (Lipinski definition) is 0. The summed E-state index contributed by atoms with van der Waals surface area (Å²) >= 11 is 0. The van der Waals surface area contributed by atoms with Gasteiger partial charge < -0.3 is 9.47 Å². The van der Waals surface area contributed by atoms with Crippen molar-refractivity contribution in [3.8, 4) is 0 Å². The van der Waals surface area contributed by atoms with Gasteiger partial charge in [-0.1, -0.05) is 0 Å². The average molecular weight is 241 g/mol. The molecule has 1 atom stereocenters. The molecule has 0 aliphatic carbocycles. The number of esters is 2. The quantitative estimate of drug-likeness (QED) is 0.701. The Bertz CT molecular complexity index is 402. The number of ether oxygens (including phenoxy) is 2. The van der Waals surface area contributed by atoms with Gasteiger partial charge in [0.05, 0.1) is 26.2 Å². The molecule has 7 heteroatoms. The molecule has 1 aromatic heterocycles. The van der Waals surface area contributed by atoms with Crippen LogP contribution in [0.2, 0.25) is 0 Å². The van der Waals surface area contributed by atoms with Crippen LogP contribution in [0, 0.1) is 0 Å². The van der Waals surface area contributed by atoms with Gasteiger partial charge in [-0.15, -0.1) is 5.10 Å². The van der Waals surface area contributed by atoms with Crippen LogP contribution in [0.25, 0.3) is 0 Å². The molecule has 0 aromatic carbocycles. The molecule has 1 aromatic rings. The zero-order valence-corrected chi connectivity index (χ0v) is 10.0. The zero-order chi connectivity index (χ0) is 12.8. The normalized spacial score (nSPS) is 11.9. The number of nitrogens with zero attached hydrogens (tertiary/aromatic N) is 3. The van der Waals surface area contributed by atoms with Gasteiger partial charge in [-0.3, -0.25) is 4.79 Å². The molecule has 0 aliphatic heterocycles. The average Bonchev–Trinajstić information content (AvgIpc) is 2.77. The second-order valence-corrected chi connectivity index (χ2v) is 3.40. The highest BCUT2D eigenvalue weighted by atomic mass is 16.5.